The highest BCUT2D eigenvalue weighted by Gasteiger charge is 2.16. The molecule has 0 bridgehead atoms. The van der Waals surface area contributed by atoms with Crippen LogP contribution in [0.4, 0.5) is 0 Å². The first-order valence-corrected chi connectivity index (χ1v) is 9.96. The van der Waals surface area contributed by atoms with Crippen LogP contribution < -0.4 is 0 Å². The van der Waals surface area contributed by atoms with Crippen molar-refractivity contribution in [3.63, 3.8) is 0 Å². The summed E-state index contributed by atoms with van der Waals surface area (Å²) < 4.78 is 0. The maximum atomic E-state index is 4.54. The smallest absolute Gasteiger partial charge is 0.138 e. The molecular formula is C21H15N7S. The van der Waals surface area contributed by atoms with Crippen LogP contribution in [0.3, 0.4) is 0 Å². The van der Waals surface area contributed by atoms with Gasteiger partial charge in [0.15, 0.2) is 0 Å². The fourth-order valence-corrected chi connectivity index (χ4v) is 4.53. The number of nitrogens with one attached hydrogen (secondary N) is 3. The van der Waals surface area contributed by atoms with Crippen molar-refractivity contribution < 1.29 is 0 Å². The molecule has 0 saturated carbocycles. The zero-order valence-electron chi connectivity index (χ0n) is 15.4. The Balaban J connectivity index is 1.53. The molecule has 7 nitrogen and oxygen atoms in total. The van der Waals surface area contributed by atoms with Crippen LogP contribution in [0.1, 0.15) is 4.88 Å². The minimum atomic E-state index is 0.845. The second kappa shape index (κ2) is 6.11. The molecule has 0 aliphatic heterocycles. The summed E-state index contributed by atoms with van der Waals surface area (Å²) >= 11 is 1.78. The number of nitrogens with zero attached hydrogens (tertiary/aromatic N) is 4. The highest BCUT2D eigenvalue weighted by molar-refractivity contribution is 7.15. The van der Waals surface area contributed by atoms with E-state index in [1.165, 1.54) is 15.3 Å². The summed E-state index contributed by atoms with van der Waals surface area (Å²) in [6.07, 6.45) is 7.23. The van der Waals surface area contributed by atoms with Gasteiger partial charge in [0.1, 0.15) is 11.3 Å². The van der Waals surface area contributed by atoms with Crippen molar-refractivity contribution in [3.8, 4) is 33.1 Å². The number of H-pyrrole nitrogens is 3. The van der Waals surface area contributed by atoms with Crippen LogP contribution in [0.15, 0.2) is 55.1 Å². The number of fused-ring (bicyclic) bond motifs is 2. The minimum Gasteiger partial charge on any atom is -0.338 e. The van der Waals surface area contributed by atoms with Crippen molar-refractivity contribution in [2.45, 2.75) is 6.92 Å². The van der Waals surface area contributed by atoms with Gasteiger partial charge in [-0.3, -0.25) is 15.2 Å². The monoisotopic (exact) mass is 397 g/mol. The van der Waals surface area contributed by atoms with Crippen molar-refractivity contribution in [1.82, 2.24) is 35.3 Å². The van der Waals surface area contributed by atoms with Crippen molar-refractivity contribution in [2.24, 2.45) is 0 Å². The van der Waals surface area contributed by atoms with E-state index in [0.29, 0.717) is 0 Å². The van der Waals surface area contributed by atoms with Gasteiger partial charge in [-0.05, 0) is 37.3 Å². The van der Waals surface area contributed by atoms with Crippen molar-refractivity contribution >= 4 is 33.3 Å². The summed E-state index contributed by atoms with van der Waals surface area (Å²) in [5.74, 6) is 0. The predicted octanol–water partition coefficient (Wildman–Crippen LogP) is 4.93. The Hall–Kier alpha value is -3.78. The normalized spacial score (nSPS) is 11.6. The first-order chi connectivity index (χ1) is 14.3. The van der Waals surface area contributed by atoms with E-state index < -0.39 is 0 Å². The lowest BCUT2D eigenvalue weighted by atomic mass is 10.1. The molecule has 6 aromatic rings. The molecule has 3 N–H and O–H groups in total. The van der Waals surface area contributed by atoms with Gasteiger partial charge in [0, 0.05) is 44.0 Å². The Bertz CT molecular complexity index is 1470. The number of rotatable bonds is 3. The minimum absolute atomic E-state index is 0.845. The molecule has 0 aliphatic carbocycles. The molecule has 0 atom stereocenters. The Morgan fingerprint density at radius 1 is 1.00 bits per heavy atom. The Kier molecular flexibility index (Phi) is 3.41. The van der Waals surface area contributed by atoms with E-state index in [9.17, 15) is 0 Å². The molecule has 0 unspecified atom stereocenters. The molecule has 140 valence electrons. The van der Waals surface area contributed by atoms with Crippen LogP contribution in [0.2, 0.25) is 0 Å². The maximum absolute atomic E-state index is 4.54. The lowest BCUT2D eigenvalue weighted by Crippen LogP contribution is -1.83. The van der Waals surface area contributed by atoms with Gasteiger partial charge >= 0.3 is 0 Å². The Morgan fingerprint density at radius 3 is 2.79 bits per heavy atom. The van der Waals surface area contributed by atoms with Gasteiger partial charge in [0.2, 0.25) is 0 Å². The largest absolute Gasteiger partial charge is 0.338 e. The molecule has 0 saturated heterocycles. The molecule has 6 aromatic heterocycles. The fraction of sp³-hybridized carbons (Fsp3) is 0.0476. The van der Waals surface area contributed by atoms with E-state index >= 15 is 0 Å². The third-order valence-electron chi connectivity index (χ3n) is 5.03. The predicted molar refractivity (Wildman–Crippen MR) is 115 cm³/mol. The zero-order valence-corrected chi connectivity index (χ0v) is 16.2. The summed E-state index contributed by atoms with van der Waals surface area (Å²) in [5, 5.41) is 16.6. The van der Waals surface area contributed by atoms with Crippen LogP contribution in [0.25, 0.3) is 55.0 Å². The van der Waals surface area contributed by atoms with Gasteiger partial charge in [-0.15, -0.1) is 11.3 Å². The standard InChI is InChI=1S/C21H15N7S/c1-11-2-3-19(29-11)13-4-5-22-21-14(13)6-17(26-21)20-15-7-16(12-8-24-25-9-12)23-10-18(15)27-28-20/h2-10H,1H3,(H,22,26)(H,24,25)(H,27,28). The molecule has 0 aromatic carbocycles. The van der Waals surface area contributed by atoms with E-state index in [4.69, 9.17) is 0 Å². The number of thiophene rings is 1. The molecular weight excluding hydrogens is 382 g/mol. The highest BCUT2D eigenvalue weighted by atomic mass is 32.1. The van der Waals surface area contributed by atoms with Crippen molar-refractivity contribution in [1.29, 1.82) is 0 Å². The van der Waals surface area contributed by atoms with E-state index in [-0.39, 0.29) is 0 Å². The summed E-state index contributed by atoms with van der Waals surface area (Å²) in [4.78, 5) is 15.0. The van der Waals surface area contributed by atoms with Crippen LogP contribution in [0.5, 0.6) is 0 Å². The number of aryl methyl sites for hydroxylation is 1. The summed E-state index contributed by atoms with van der Waals surface area (Å²) in [6, 6.07) is 10.5. The number of aromatic nitrogens is 7. The molecule has 0 aliphatic rings. The van der Waals surface area contributed by atoms with Crippen LogP contribution in [-0.2, 0) is 0 Å². The summed E-state index contributed by atoms with van der Waals surface area (Å²) in [6.45, 7) is 2.12. The number of hydrogen-bond donors (Lipinski definition) is 3. The molecule has 6 rings (SSSR count). The van der Waals surface area contributed by atoms with Gasteiger partial charge in [-0.1, -0.05) is 0 Å². The maximum Gasteiger partial charge on any atom is 0.138 e. The Labute approximate surface area is 168 Å². The third kappa shape index (κ3) is 2.57. The summed E-state index contributed by atoms with van der Waals surface area (Å²) in [5.41, 5.74) is 6.46. The average Bonchev–Trinajstić information content (AvgIpc) is 3.51. The van der Waals surface area contributed by atoms with Gasteiger partial charge in [0.05, 0.1) is 29.3 Å². The number of pyridine rings is 2. The van der Waals surface area contributed by atoms with Gasteiger partial charge in [0.25, 0.3) is 0 Å². The quantitative estimate of drug-likeness (QED) is 0.394. The number of hydrogen-bond acceptors (Lipinski definition) is 5. The van der Waals surface area contributed by atoms with E-state index in [1.54, 1.807) is 23.7 Å². The van der Waals surface area contributed by atoms with Gasteiger partial charge in [-0.25, -0.2) is 4.98 Å². The zero-order chi connectivity index (χ0) is 19.4. The number of aromatic amines is 3. The lowest BCUT2D eigenvalue weighted by molar-refractivity contribution is 1.09. The van der Waals surface area contributed by atoms with Crippen molar-refractivity contribution in [3.05, 3.63) is 60.0 Å². The average molecular weight is 397 g/mol. The molecule has 0 radical (unpaired) electrons. The molecule has 8 heteroatoms. The van der Waals surface area contributed by atoms with E-state index in [0.717, 1.165) is 44.6 Å². The van der Waals surface area contributed by atoms with Crippen LogP contribution in [-0.4, -0.2) is 35.3 Å². The Morgan fingerprint density at radius 2 is 1.97 bits per heavy atom. The first-order valence-electron chi connectivity index (χ1n) is 9.14. The highest BCUT2D eigenvalue weighted by Crippen LogP contribution is 2.36. The van der Waals surface area contributed by atoms with Crippen molar-refractivity contribution in [2.75, 3.05) is 0 Å². The fourth-order valence-electron chi connectivity index (χ4n) is 3.62. The summed E-state index contributed by atoms with van der Waals surface area (Å²) in [7, 11) is 0. The third-order valence-corrected chi connectivity index (χ3v) is 6.07. The van der Waals surface area contributed by atoms with Crippen LogP contribution in [0, 0.1) is 6.92 Å². The van der Waals surface area contributed by atoms with Crippen LogP contribution >= 0.6 is 11.3 Å². The van der Waals surface area contributed by atoms with Gasteiger partial charge < -0.3 is 4.98 Å². The van der Waals surface area contributed by atoms with Gasteiger partial charge in [-0.2, -0.15) is 10.2 Å². The SMILES string of the molecule is Cc1ccc(-c2ccnc3[nH]c(-c4n[nH]c5cnc(-c6cn[nH]c6)cc45)cc23)s1. The van der Waals surface area contributed by atoms with E-state index in [2.05, 4.69) is 66.5 Å². The first kappa shape index (κ1) is 16.2. The topological polar surface area (TPSA) is 98.9 Å². The molecule has 29 heavy (non-hydrogen) atoms. The molecule has 0 spiro atoms. The molecule has 0 fully saturated rings. The van der Waals surface area contributed by atoms with E-state index in [1.807, 2.05) is 18.5 Å². The second-order valence-electron chi connectivity index (χ2n) is 6.89. The second-order valence-corrected chi connectivity index (χ2v) is 8.18. The molecule has 6 heterocycles. The lowest BCUT2D eigenvalue weighted by Gasteiger charge is -1.98. The molecule has 0 amide bonds.